The summed E-state index contributed by atoms with van der Waals surface area (Å²) in [7, 11) is 0. The molecule has 1 atom stereocenters. The number of nitrogens with two attached hydrogens (primary N) is 1. The fourth-order valence-corrected chi connectivity index (χ4v) is 2.40. The zero-order valence-electron chi connectivity index (χ0n) is 8.19. The van der Waals surface area contributed by atoms with E-state index in [0.717, 1.165) is 10.4 Å². The van der Waals surface area contributed by atoms with Gasteiger partial charge in [0.25, 0.3) is 0 Å². The summed E-state index contributed by atoms with van der Waals surface area (Å²) in [6.45, 7) is 0. The van der Waals surface area contributed by atoms with Gasteiger partial charge in [-0.25, -0.2) is 4.39 Å². The van der Waals surface area contributed by atoms with E-state index in [1.165, 1.54) is 12.1 Å². The summed E-state index contributed by atoms with van der Waals surface area (Å²) in [6.07, 6.45) is 0. The molecule has 2 N–H and O–H groups in total. The molecule has 0 aliphatic carbocycles. The summed E-state index contributed by atoms with van der Waals surface area (Å²) in [5.41, 5.74) is 6.77. The molecule has 1 nitrogen and oxygen atoms in total. The molecule has 0 saturated carbocycles. The molecule has 1 heterocycles. The first-order valence-electron chi connectivity index (χ1n) is 4.42. The molecule has 2 aromatic rings. The van der Waals surface area contributed by atoms with Crippen molar-refractivity contribution in [1.82, 2.24) is 0 Å². The van der Waals surface area contributed by atoms with Gasteiger partial charge in [0, 0.05) is 9.90 Å². The number of benzene rings is 1. The second-order valence-electron chi connectivity index (χ2n) is 3.16. The van der Waals surface area contributed by atoms with Gasteiger partial charge in [-0.05, 0) is 29.1 Å². The van der Waals surface area contributed by atoms with Crippen molar-refractivity contribution >= 4 is 35.3 Å². The molecule has 5 heteroatoms. The molecule has 0 radical (unpaired) electrons. The van der Waals surface area contributed by atoms with E-state index in [0.29, 0.717) is 5.02 Å². The number of halogens is 3. The van der Waals surface area contributed by atoms with Crippen molar-refractivity contribution in [2.45, 2.75) is 6.04 Å². The van der Waals surface area contributed by atoms with Crippen LogP contribution >= 0.6 is 35.3 Å². The van der Waals surface area contributed by atoms with Gasteiger partial charge >= 0.3 is 0 Å². The zero-order chi connectivity index (χ0) is 10.8. The highest BCUT2D eigenvalue weighted by Gasteiger charge is 2.13. The summed E-state index contributed by atoms with van der Waals surface area (Å²) >= 11 is 7.49. The van der Waals surface area contributed by atoms with Gasteiger partial charge in [-0.1, -0.05) is 23.7 Å². The van der Waals surface area contributed by atoms with Crippen LogP contribution in [0.1, 0.15) is 16.5 Å². The highest BCUT2D eigenvalue weighted by molar-refractivity contribution is 7.10. The van der Waals surface area contributed by atoms with Crippen LogP contribution in [-0.4, -0.2) is 0 Å². The number of hydrogen-bond acceptors (Lipinski definition) is 2. The zero-order valence-corrected chi connectivity index (χ0v) is 10.6. The lowest BCUT2D eigenvalue weighted by Crippen LogP contribution is -2.10. The highest BCUT2D eigenvalue weighted by atomic mass is 35.5. The number of thiophene rings is 1. The van der Waals surface area contributed by atoms with Gasteiger partial charge in [0.05, 0.1) is 6.04 Å². The Morgan fingerprint density at radius 1 is 1.31 bits per heavy atom. The van der Waals surface area contributed by atoms with E-state index in [4.69, 9.17) is 17.3 Å². The van der Waals surface area contributed by atoms with Crippen molar-refractivity contribution in [3.05, 3.63) is 57.0 Å². The van der Waals surface area contributed by atoms with Crippen molar-refractivity contribution < 1.29 is 4.39 Å². The Hall–Kier alpha value is -0.610. The molecule has 0 amide bonds. The van der Waals surface area contributed by atoms with E-state index in [1.807, 2.05) is 17.5 Å². The Morgan fingerprint density at radius 3 is 2.62 bits per heavy atom. The number of hydrogen-bond donors (Lipinski definition) is 1. The van der Waals surface area contributed by atoms with Crippen LogP contribution in [0.25, 0.3) is 0 Å². The van der Waals surface area contributed by atoms with Crippen LogP contribution in [-0.2, 0) is 0 Å². The van der Waals surface area contributed by atoms with Gasteiger partial charge in [0.15, 0.2) is 0 Å². The van der Waals surface area contributed by atoms with E-state index in [1.54, 1.807) is 17.4 Å². The first-order valence-corrected chi connectivity index (χ1v) is 5.68. The summed E-state index contributed by atoms with van der Waals surface area (Å²) in [5.74, 6) is -0.345. The third-order valence-corrected chi connectivity index (χ3v) is 3.43. The summed E-state index contributed by atoms with van der Waals surface area (Å²) < 4.78 is 12.8. The molecule has 86 valence electrons. The molecule has 0 spiro atoms. The molecule has 1 aromatic carbocycles. The normalized spacial score (nSPS) is 11.9. The van der Waals surface area contributed by atoms with Crippen LogP contribution in [0.3, 0.4) is 0 Å². The van der Waals surface area contributed by atoms with E-state index < -0.39 is 0 Å². The van der Waals surface area contributed by atoms with E-state index in [9.17, 15) is 4.39 Å². The second-order valence-corrected chi connectivity index (χ2v) is 4.55. The van der Waals surface area contributed by atoms with Crippen molar-refractivity contribution in [3.8, 4) is 0 Å². The van der Waals surface area contributed by atoms with Gasteiger partial charge in [-0.3, -0.25) is 0 Å². The molecule has 0 bridgehead atoms. The van der Waals surface area contributed by atoms with Gasteiger partial charge in [0.1, 0.15) is 5.82 Å². The standard InChI is InChI=1S/C11H9ClFNS.ClH/c12-9-6-7(13)3-4-8(9)11(14)10-2-1-5-15-10;/h1-6,11H,14H2;1H/t11-;/m0./s1. The molecule has 0 saturated heterocycles. The first-order chi connectivity index (χ1) is 7.18. The predicted octanol–water partition coefficient (Wildman–Crippen LogP) is 4.01. The highest BCUT2D eigenvalue weighted by Crippen LogP contribution is 2.29. The van der Waals surface area contributed by atoms with Crippen LogP contribution in [0.15, 0.2) is 35.7 Å². The Labute approximate surface area is 108 Å². The van der Waals surface area contributed by atoms with Crippen LogP contribution in [0.2, 0.25) is 5.02 Å². The summed E-state index contributed by atoms with van der Waals surface area (Å²) in [5, 5.41) is 2.32. The Morgan fingerprint density at radius 2 is 2.06 bits per heavy atom. The molecule has 1 aromatic heterocycles. The molecule has 16 heavy (non-hydrogen) atoms. The quantitative estimate of drug-likeness (QED) is 0.882. The van der Waals surface area contributed by atoms with Gasteiger partial charge < -0.3 is 5.73 Å². The predicted molar refractivity (Wildman–Crippen MR) is 69.0 cm³/mol. The minimum Gasteiger partial charge on any atom is -0.320 e. The largest absolute Gasteiger partial charge is 0.320 e. The molecule has 0 aliphatic heterocycles. The first kappa shape index (κ1) is 13.5. The lowest BCUT2D eigenvalue weighted by atomic mass is 10.1. The molecule has 0 fully saturated rings. The molecular formula is C11H10Cl2FNS. The average Bonchev–Trinajstić information content (AvgIpc) is 2.69. The fraction of sp³-hybridized carbons (Fsp3) is 0.0909. The summed E-state index contributed by atoms with van der Waals surface area (Å²) in [6, 6.07) is 7.87. The van der Waals surface area contributed by atoms with Crippen molar-refractivity contribution in [2.75, 3.05) is 0 Å². The van der Waals surface area contributed by atoms with Gasteiger partial charge in [0.2, 0.25) is 0 Å². The van der Waals surface area contributed by atoms with Crippen LogP contribution in [0.5, 0.6) is 0 Å². The van der Waals surface area contributed by atoms with E-state index >= 15 is 0 Å². The minimum atomic E-state index is -0.345. The smallest absolute Gasteiger partial charge is 0.124 e. The summed E-state index contributed by atoms with van der Waals surface area (Å²) in [4.78, 5) is 1.02. The third kappa shape index (κ3) is 2.74. The second kappa shape index (κ2) is 5.64. The van der Waals surface area contributed by atoms with E-state index in [2.05, 4.69) is 0 Å². The van der Waals surface area contributed by atoms with Gasteiger partial charge in [-0.15, -0.1) is 23.7 Å². The fourth-order valence-electron chi connectivity index (χ4n) is 1.38. The van der Waals surface area contributed by atoms with Crippen molar-refractivity contribution in [3.63, 3.8) is 0 Å². The maximum atomic E-state index is 12.8. The molecular weight excluding hydrogens is 268 g/mol. The maximum Gasteiger partial charge on any atom is 0.124 e. The van der Waals surface area contributed by atoms with E-state index in [-0.39, 0.29) is 24.3 Å². The third-order valence-electron chi connectivity index (χ3n) is 2.15. The van der Waals surface area contributed by atoms with Crippen LogP contribution < -0.4 is 5.73 Å². The van der Waals surface area contributed by atoms with Crippen LogP contribution in [0.4, 0.5) is 4.39 Å². The Bertz CT molecular complexity index is 459. The minimum absolute atomic E-state index is 0. The molecule has 0 aliphatic rings. The topological polar surface area (TPSA) is 26.0 Å². The Kier molecular flexibility index (Phi) is 4.74. The monoisotopic (exact) mass is 277 g/mol. The molecule has 0 unspecified atom stereocenters. The van der Waals surface area contributed by atoms with Gasteiger partial charge in [-0.2, -0.15) is 0 Å². The maximum absolute atomic E-state index is 12.8. The lowest BCUT2D eigenvalue weighted by molar-refractivity contribution is 0.626. The van der Waals surface area contributed by atoms with Crippen molar-refractivity contribution in [2.24, 2.45) is 5.73 Å². The molecule has 2 rings (SSSR count). The SMILES string of the molecule is Cl.N[C@H](c1cccs1)c1ccc(F)cc1Cl. The number of rotatable bonds is 2. The Balaban J connectivity index is 0.00000128. The lowest BCUT2D eigenvalue weighted by Gasteiger charge is -2.11. The van der Waals surface area contributed by atoms with Crippen LogP contribution in [0, 0.1) is 5.82 Å². The van der Waals surface area contributed by atoms with Crippen molar-refractivity contribution in [1.29, 1.82) is 0 Å². The average molecular weight is 278 g/mol.